The summed E-state index contributed by atoms with van der Waals surface area (Å²) in [6, 6.07) is 0. The fourth-order valence-electron chi connectivity index (χ4n) is 8.96. The number of aliphatic hydroxyl groups is 1. The summed E-state index contributed by atoms with van der Waals surface area (Å²) in [7, 11) is -4.43. The van der Waals surface area contributed by atoms with Crippen molar-refractivity contribution in [3.8, 4) is 0 Å². The highest BCUT2D eigenvalue weighted by Gasteiger charge is 2.63. The average Bonchev–Trinajstić information content (AvgIpc) is 3.05. The number of hydrogen-bond donors (Lipinski definition) is 3. The molecular weight excluding hydrogens is 432 g/mol. The Morgan fingerprint density at radius 2 is 1.81 bits per heavy atom. The Labute approximate surface area is 192 Å². The van der Waals surface area contributed by atoms with Gasteiger partial charge in [-0.05, 0) is 104 Å². The molecule has 4 aliphatic carbocycles. The van der Waals surface area contributed by atoms with Crippen LogP contribution < -0.4 is 0 Å². The lowest BCUT2D eigenvalue weighted by Crippen LogP contribution is -2.59. The molecule has 0 aliphatic heterocycles. The first-order chi connectivity index (χ1) is 14.9. The molecule has 184 valence electrons. The van der Waals surface area contributed by atoms with Crippen LogP contribution in [0.1, 0.15) is 85.0 Å². The van der Waals surface area contributed by atoms with Crippen LogP contribution in [0.15, 0.2) is 0 Å². The second kappa shape index (κ2) is 8.51. The Hall–Kier alpha value is -0.700. The molecule has 3 N–H and O–H groups in total. The Morgan fingerprint density at radius 1 is 1.09 bits per heavy atom. The smallest absolute Gasteiger partial charge is 0.397 e. The van der Waals surface area contributed by atoms with Crippen molar-refractivity contribution in [1.82, 2.24) is 0 Å². The second-order valence-corrected chi connectivity index (χ2v) is 12.8. The molecule has 0 radical (unpaired) electrons. The van der Waals surface area contributed by atoms with Crippen LogP contribution in [0.25, 0.3) is 0 Å². The summed E-state index contributed by atoms with van der Waals surface area (Å²) >= 11 is 0. The molecule has 0 aromatic carbocycles. The molecule has 0 aromatic rings. The molecule has 10 atom stereocenters. The van der Waals surface area contributed by atoms with E-state index in [2.05, 4.69) is 20.8 Å². The predicted octanol–water partition coefficient (Wildman–Crippen LogP) is 4.31. The van der Waals surface area contributed by atoms with E-state index in [0.717, 1.165) is 38.5 Å². The van der Waals surface area contributed by atoms with Crippen molar-refractivity contribution in [3.63, 3.8) is 0 Å². The number of aliphatic carboxylic acids is 1. The second-order valence-electron chi connectivity index (χ2n) is 11.8. The Bertz CT molecular complexity index is 828. The summed E-state index contributed by atoms with van der Waals surface area (Å²) in [5.74, 6) is 1.65. The highest BCUT2D eigenvalue weighted by atomic mass is 32.3. The van der Waals surface area contributed by atoms with Crippen molar-refractivity contribution in [2.75, 3.05) is 0 Å². The van der Waals surface area contributed by atoms with Gasteiger partial charge in [0.05, 0.1) is 12.2 Å². The van der Waals surface area contributed by atoms with Gasteiger partial charge in [-0.1, -0.05) is 20.8 Å². The zero-order valence-corrected chi connectivity index (χ0v) is 20.4. The lowest BCUT2D eigenvalue weighted by atomic mass is 9.43. The van der Waals surface area contributed by atoms with Crippen LogP contribution in [0.5, 0.6) is 0 Å². The molecule has 0 spiro atoms. The van der Waals surface area contributed by atoms with E-state index in [1.54, 1.807) is 0 Å². The van der Waals surface area contributed by atoms with E-state index in [-0.39, 0.29) is 23.2 Å². The molecule has 4 aliphatic rings. The molecule has 32 heavy (non-hydrogen) atoms. The largest absolute Gasteiger partial charge is 0.481 e. The number of fused-ring (bicyclic) bond motifs is 5. The maximum absolute atomic E-state index is 11.5. The van der Waals surface area contributed by atoms with Crippen molar-refractivity contribution in [2.24, 2.45) is 46.3 Å². The molecule has 7 nitrogen and oxygen atoms in total. The van der Waals surface area contributed by atoms with E-state index in [9.17, 15) is 18.3 Å². The van der Waals surface area contributed by atoms with E-state index in [0.29, 0.717) is 48.9 Å². The van der Waals surface area contributed by atoms with Crippen molar-refractivity contribution < 1.29 is 32.2 Å². The van der Waals surface area contributed by atoms with Gasteiger partial charge in [0.1, 0.15) is 0 Å². The van der Waals surface area contributed by atoms with E-state index >= 15 is 0 Å². The van der Waals surface area contributed by atoms with Gasteiger partial charge in [-0.15, -0.1) is 0 Å². The van der Waals surface area contributed by atoms with Gasteiger partial charge in [0.15, 0.2) is 0 Å². The minimum Gasteiger partial charge on any atom is -0.481 e. The Kier molecular flexibility index (Phi) is 6.49. The number of carboxylic acids is 1. The average molecular weight is 473 g/mol. The molecule has 0 bridgehead atoms. The third-order valence-corrected chi connectivity index (χ3v) is 11.1. The summed E-state index contributed by atoms with van der Waals surface area (Å²) in [4.78, 5) is 11.1. The molecule has 0 amide bonds. The van der Waals surface area contributed by atoms with Crippen LogP contribution in [0, 0.1) is 46.3 Å². The third kappa shape index (κ3) is 4.14. The molecule has 0 aromatic heterocycles. The number of carboxylic acid groups (broad SMARTS) is 1. The molecule has 0 heterocycles. The van der Waals surface area contributed by atoms with Gasteiger partial charge in [0, 0.05) is 6.42 Å². The summed E-state index contributed by atoms with van der Waals surface area (Å²) in [5.41, 5.74) is -0.106. The van der Waals surface area contributed by atoms with Gasteiger partial charge in [0.2, 0.25) is 0 Å². The maximum Gasteiger partial charge on any atom is 0.397 e. The fraction of sp³-hybridized carbons (Fsp3) is 0.958. The first-order valence-electron chi connectivity index (χ1n) is 12.4. The van der Waals surface area contributed by atoms with E-state index in [1.807, 2.05) is 0 Å². The van der Waals surface area contributed by atoms with Crippen molar-refractivity contribution in [1.29, 1.82) is 0 Å². The standard InChI is InChI=1S/C24H40O7S/c1-14(4-9-22(26)27)18-7-8-19-17-6-5-15-12-16(31-32(28,29)30)10-11-23(15,2)20(17)13-21(25)24(18,19)3/h14-21,25H,4-13H2,1-3H3,(H,26,27)(H,28,29,30)/t14-,15-,16-,17+,18?,19+,20+,21+,23+,24-/m1/s1. The molecular formula is C24H40O7S. The van der Waals surface area contributed by atoms with Gasteiger partial charge in [-0.2, -0.15) is 8.42 Å². The molecule has 4 rings (SSSR count). The van der Waals surface area contributed by atoms with Crippen LogP contribution in [0.3, 0.4) is 0 Å². The Morgan fingerprint density at radius 3 is 2.47 bits per heavy atom. The SMILES string of the molecule is C[C@H](CCC(=O)O)C1CC[C@H]2[C@@H]3CC[C@@H]4C[C@H](OS(=O)(=O)O)CC[C@]4(C)[C@H]3C[C@H](O)[C@]12C. The van der Waals surface area contributed by atoms with Crippen molar-refractivity contribution in [2.45, 2.75) is 97.2 Å². The molecule has 4 saturated carbocycles. The van der Waals surface area contributed by atoms with Crippen LogP contribution in [0.4, 0.5) is 0 Å². The lowest BCUT2D eigenvalue weighted by molar-refractivity contribution is -0.174. The normalized spacial score (nSPS) is 47.2. The van der Waals surface area contributed by atoms with E-state index in [1.165, 1.54) is 0 Å². The quantitative estimate of drug-likeness (QED) is 0.493. The third-order valence-electron chi connectivity index (χ3n) is 10.6. The molecule has 1 unspecified atom stereocenters. The topological polar surface area (TPSA) is 121 Å². The maximum atomic E-state index is 11.5. The fourth-order valence-corrected chi connectivity index (χ4v) is 9.47. The summed E-state index contributed by atoms with van der Waals surface area (Å²) in [5, 5.41) is 20.7. The van der Waals surface area contributed by atoms with Gasteiger partial charge >= 0.3 is 16.4 Å². The summed E-state index contributed by atoms with van der Waals surface area (Å²) in [6.07, 6.45) is 7.18. The van der Waals surface area contributed by atoms with E-state index in [4.69, 9.17) is 13.8 Å². The number of aliphatic hydroxyl groups excluding tert-OH is 1. The minimum absolute atomic E-state index is 0.0529. The van der Waals surface area contributed by atoms with Crippen LogP contribution in [0.2, 0.25) is 0 Å². The van der Waals surface area contributed by atoms with Crippen molar-refractivity contribution in [3.05, 3.63) is 0 Å². The zero-order valence-electron chi connectivity index (χ0n) is 19.6. The predicted molar refractivity (Wildman–Crippen MR) is 119 cm³/mol. The first-order valence-corrected chi connectivity index (χ1v) is 13.8. The molecule has 4 fully saturated rings. The summed E-state index contributed by atoms with van der Waals surface area (Å²) < 4.78 is 36.5. The first kappa shape index (κ1) is 24.4. The van der Waals surface area contributed by atoms with Gasteiger partial charge in [0.25, 0.3) is 0 Å². The zero-order chi connectivity index (χ0) is 23.5. The number of hydrogen-bond acceptors (Lipinski definition) is 5. The Balaban J connectivity index is 1.52. The molecule has 0 saturated heterocycles. The number of rotatable bonds is 6. The summed E-state index contributed by atoms with van der Waals surface area (Å²) in [6.45, 7) is 6.75. The van der Waals surface area contributed by atoms with Crippen LogP contribution in [-0.2, 0) is 19.4 Å². The van der Waals surface area contributed by atoms with E-state index < -0.39 is 28.6 Å². The monoisotopic (exact) mass is 472 g/mol. The van der Waals surface area contributed by atoms with Crippen LogP contribution >= 0.6 is 0 Å². The van der Waals surface area contributed by atoms with Crippen molar-refractivity contribution >= 4 is 16.4 Å². The highest BCUT2D eigenvalue weighted by molar-refractivity contribution is 7.80. The van der Waals surface area contributed by atoms with Gasteiger partial charge < -0.3 is 10.2 Å². The van der Waals surface area contributed by atoms with Crippen LogP contribution in [-0.4, -0.2) is 41.4 Å². The molecule has 8 heteroatoms. The lowest BCUT2D eigenvalue weighted by Gasteiger charge is -2.62. The van der Waals surface area contributed by atoms with Gasteiger partial charge in [-0.3, -0.25) is 9.35 Å². The highest BCUT2D eigenvalue weighted by Crippen LogP contribution is 2.68. The number of carbonyl (C=O) groups is 1. The van der Waals surface area contributed by atoms with Gasteiger partial charge in [-0.25, -0.2) is 4.18 Å². The minimum atomic E-state index is -4.43.